The fraction of sp³-hybridized carbons (Fsp3) is 0.929. The normalized spacial score (nSPS) is 26.0. The molecule has 2 aliphatic rings. The zero-order valence-corrected chi connectivity index (χ0v) is 12.0. The molecule has 0 bridgehead atoms. The molecule has 2 nitrogen and oxygen atoms in total. The molecule has 1 atom stereocenters. The fourth-order valence-electron chi connectivity index (χ4n) is 1.67. The lowest BCUT2D eigenvalue weighted by atomic mass is 10.1. The Balaban J connectivity index is 0.000000272. The van der Waals surface area contributed by atoms with Crippen LogP contribution in [0.4, 0.5) is 0 Å². The number of likely N-dealkylation sites (N-methyl/N-ethyl adjacent to an activating group) is 1. The first-order valence-electron chi connectivity index (χ1n) is 6.63. The van der Waals surface area contributed by atoms with Crippen LogP contribution in [-0.4, -0.2) is 30.3 Å². The van der Waals surface area contributed by atoms with Crippen molar-refractivity contribution < 1.29 is 4.79 Å². The topological polar surface area (TPSA) is 20.3 Å². The molecule has 16 heavy (non-hydrogen) atoms. The van der Waals surface area contributed by atoms with Crippen molar-refractivity contribution in [3.05, 3.63) is 0 Å². The maximum Gasteiger partial charge on any atom is 0.146 e. The van der Waals surface area contributed by atoms with Gasteiger partial charge in [-0.2, -0.15) is 0 Å². The Labute approximate surface area is 101 Å². The van der Waals surface area contributed by atoms with Gasteiger partial charge in [-0.25, -0.2) is 0 Å². The first kappa shape index (κ1) is 15.6. The van der Waals surface area contributed by atoms with E-state index in [4.69, 9.17) is 0 Å². The van der Waals surface area contributed by atoms with Gasteiger partial charge in [-0.1, -0.05) is 27.7 Å². The smallest absolute Gasteiger partial charge is 0.146 e. The van der Waals surface area contributed by atoms with Crippen LogP contribution in [0, 0.1) is 5.41 Å². The molecule has 2 rings (SSSR count). The Kier molecular flexibility index (Phi) is 6.89. The number of carbonyl (C=O) groups is 1. The van der Waals surface area contributed by atoms with Gasteiger partial charge in [0.25, 0.3) is 0 Å². The van der Waals surface area contributed by atoms with E-state index in [1.807, 2.05) is 20.9 Å². The zero-order chi connectivity index (χ0) is 12.8. The van der Waals surface area contributed by atoms with Gasteiger partial charge in [0, 0.05) is 0 Å². The molecular formula is C14H29NO. The third kappa shape index (κ3) is 6.26. The zero-order valence-electron chi connectivity index (χ0n) is 12.0. The Morgan fingerprint density at radius 1 is 1.25 bits per heavy atom. The van der Waals surface area contributed by atoms with Gasteiger partial charge in [-0.3, -0.25) is 9.69 Å². The SMILES string of the molecule is CC.CC(=O)C1CCCN1C.CC1(C)CC1. The molecule has 0 aromatic heterocycles. The number of ketones is 1. The quantitative estimate of drug-likeness (QED) is 0.683. The molecule has 96 valence electrons. The van der Waals surface area contributed by atoms with Gasteiger partial charge < -0.3 is 0 Å². The molecule has 0 aromatic rings. The van der Waals surface area contributed by atoms with Crippen molar-refractivity contribution in [2.24, 2.45) is 5.41 Å². The second-order valence-corrected chi connectivity index (χ2v) is 5.41. The van der Waals surface area contributed by atoms with Gasteiger partial charge in [0.15, 0.2) is 0 Å². The molecule has 0 spiro atoms. The molecule has 1 heterocycles. The van der Waals surface area contributed by atoms with E-state index < -0.39 is 0 Å². The van der Waals surface area contributed by atoms with E-state index in [1.165, 1.54) is 19.3 Å². The highest BCUT2D eigenvalue weighted by molar-refractivity contribution is 5.81. The summed E-state index contributed by atoms with van der Waals surface area (Å²) in [7, 11) is 2.01. The van der Waals surface area contributed by atoms with E-state index in [9.17, 15) is 4.79 Å². The largest absolute Gasteiger partial charge is 0.298 e. The molecule has 1 saturated heterocycles. The van der Waals surface area contributed by atoms with Gasteiger partial charge in [0.1, 0.15) is 5.78 Å². The average molecular weight is 227 g/mol. The Bertz CT molecular complexity index is 205. The summed E-state index contributed by atoms with van der Waals surface area (Å²) in [4.78, 5) is 12.9. The predicted molar refractivity (Wildman–Crippen MR) is 70.7 cm³/mol. The number of hydrogen-bond acceptors (Lipinski definition) is 2. The van der Waals surface area contributed by atoms with Gasteiger partial charge >= 0.3 is 0 Å². The lowest BCUT2D eigenvalue weighted by Gasteiger charge is -2.14. The Morgan fingerprint density at radius 3 is 1.81 bits per heavy atom. The molecule has 0 N–H and O–H groups in total. The van der Waals surface area contributed by atoms with E-state index in [-0.39, 0.29) is 6.04 Å². The third-order valence-electron chi connectivity index (χ3n) is 3.24. The van der Waals surface area contributed by atoms with Crippen LogP contribution in [0.1, 0.15) is 60.3 Å². The van der Waals surface area contributed by atoms with Gasteiger partial charge in [-0.15, -0.1) is 0 Å². The highest BCUT2D eigenvalue weighted by atomic mass is 16.1. The minimum Gasteiger partial charge on any atom is -0.298 e. The molecule has 1 unspecified atom stereocenters. The summed E-state index contributed by atoms with van der Waals surface area (Å²) in [6.07, 6.45) is 5.15. The third-order valence-corrected chi connectivity index (χ3v) is 3.24. The summed E-state index contributed by atoms with van der Waals surface area (Å²) in [5.74, 6) is 0.315. The lowest BCUT2D eigenvalue weighted by molar-refractivity contribution is -0.120. The first-order valence-corrected chi connectivity index (χ1v) is 6.63. The van der Waals surface area contributed by atoms with Crippen LogP contribution in [0.15, 0.2) is 0 Å². The van der Waals surface area contributed by atoms with E-state index in [1.54, 1.807) is 6.92 Å². The molecule has 2 heteroatoms. The average Bonchev–Trinajstić information content (AvgIpc) is 2.76. The molecule has 1 aliphatic carbocycles. The second-order valence-electron chi connectivity index (χ2n) is 5.41. The van der Waals surface area contributed by atoms with Crippen LogP contribution in [0.2, 0.25) is 0 Å². The number of likely N-dealkylation sites (tertiary alicyclic amines) is 1. The molecule has 2 fully saturated rings. The van der Waals surface area contributed by atoms with Crippen LogP contribution in [-0.2, 0) is 4.79 Å². The van der Waals surface area contributed by atoms with Gasteiger partial charge in [-0.05, 0) is 51.6 Å². The summed E-state index contributed by atoms with van der Waals surface area (Å²) < 4.78 is 0. The fourth-order valence-corrected chi connectivity index (χ4v) is 1.67. The van der Waals surface area contributed by atoms with Crippen molar-refractivity contribution in [1.29, 1.82) is 0 Å². The second kappa shape index (κ2) is 7.05. The molecule has 0 amide bonds. The van der Waals surface area contributed by atoms with Gasteiger partial charge in [0.05, 0.1) is 6.04 Å². The monoisotopic (exact) mass is 227 g/mol. The van der Waals surface area contributed by atoms with E-state index in [2.05, 4.69) is 18.7 Å². The summed E-state index contributed by atoms with van der Waals surface area (Å²) in [6.45, 7) is 11.4. The van der Waals surface area contributed by atoms with Gasteiger partial charge in [0.2, 0.25) is 0 Å². The molecular weight excluding hydrogens is 198 g/mol. The van der Waals surface area contributed by atoms with Crippen molar-refractivity contribution in [2.75, 3.05) is 13.6 Å². The van der Waals surface area contributed by atoms with Crippen LogP contribution in [0.25, 0.3) is 0 Å². The summed E-state index contributed by atoms with van der Waals surface area (Å²) in [5, 5.41) is 0. The highest BCUT2D eigenvalue weighted by Crippen LogP contribution is 2.43. The minimum absolute atomic E-state index is 0.227. The van der Waals surface area contributed by atoms with E-state index in [0.29, 0.717) is 5.78 Å². The number of carbonyl (C=O) groups excluding carboxylic acids is 1. The molecule has 1 saturated carbocycles. The summed E-state index contributed by atoms with van der Waals surface area (Å²) >= 11 is 0. The van der Waals surface area contributed by atoms with Crippen LogP contribution in [0.5, 0.6) is 0 Å². The van der Waals surface area contributed by atoms with Crippen LogP contribution < -0.4 is 0 Å². The number of Topliss-reactive ketones (excluding diaryl/α,β-unsaturated/α-hetero) is 1. The van der Waals surface area contributed by atoms with Crippen molar-refractivity contribution in [2.45, 2.75) is 66.3 Å². The Hall–Kier alpha value is -0.370. The van der Waals surface area contributed by atoms with Crippen molar-refractivity contribution >= 4 is 5.78 Å². The van der Waals surface area contributed by atoms with E-state index >= 15 is 0 Å². The van der Waals surface area contributed by atoms with Crippen LogP contribution in [0.3, 0.4) is 0 Å². The maximum atomic E-state index is 10.8. The van der Waals surface area contributed by atoms with Crippen LogP contribution >= 0.6 is 0 Å². The number of rotatable bonds is 1. The molecule has 0 radical (unpaired) electrons. The molecule has 1 aliphatic heterocycles. The maximum absolute atomic E-state index is 10.8. The highest BCUT2D eigenvalue weighted by Gasteiger charge is 2.30. The van der Waals surface area contributed by atoms with Crippen molar-refractivity contribution in [1.82, 2.24) is 4.90 Å². The first-order chi connectivity index (χ1) is 7.42. The van der Waals surface area contributed by atoms with Crippen molar-refractivity contribution in [3.63, 3.8) is 0 Å². The summed E-state index contributed by atoms with van der Waals surface area (Å²) in [6, 6.07) is 0.227. The summed E-state index contributed by atoms with van der Waals surface area (Å²) in [5.41, 5.74) is 0.750. The standard InChI is InChI=1S/C7H13NO.C5H10.C2H6/c1-6(9)7-4-3-5-8(7)2;1-5(2)3-4-5;1-2/h7H,3-5H2,1-2H3;3-4H2,1-2H3;1-2H3. The molecule has 0 aromatic carbocycles. The number of nitrogens with zero attached hydrogens (tertiary/aromatic N) is 1. The predicted octanol–water partition coefficient (Wildman–Crippen LogP) is 3.50. The van der Waals surface area contributed by atoms with Crippen molar-refractivity contribution in [3.8, 4) is 0 Å². The minimum atomic E-state index is 0.227. The lowest BCUT2D eigenvalue weighted by Crippen LogP contribution is -2.30. The number of hydrogen-bond donors (Lipinski definition) is 0. The van der Waals surface area contributed by atoms with E-state index in [0.717, 1.165) is 18.4 Å². The Morgan fingerprint density at radius 2 is 1.69 bits per heavy atom.